The van der Waals surface area contributed by atoms with Gasteiger partial charge in [0.05, 0.1) is 20.1 Å². The molecular weight excluding hydrogens is 304 g/mol. The Labute approximate surface area is 133 Å². The number of thiocarbonyl (C=S) groups is 1. The zero-order valence-corrected chi connectivity index (χ0v) is 13.2. The molecule has 0 aliphatic carbocycles. The predicted molar refractivity (Wildman–Crippen MR) is 89.5 cm³/mol. The molecule has 0 bridgehead atoms. The Balaban J connectivity index is 1.82. The number of benzene rings is 1. The van der Waals surface area contributed by atoms with E-state index in [1.165, 1.54) is 12.0 Å². The van der Waals surface area contributed by atoms with Crippen LogP contribution in [0.1, 0.15) is 10.4 Å². The van der Waals surface area contributed by atoms with Gasteiger partial charge in [-0.2, -0.15) is 0 Å². The number of anilines is 1. The van der Waals surface area contributed by atoms with Crippen molar-refractivity contribution in [3.8, 4) is 0 Å². The summed E-state index contributed by atoms with van der Waals surface area (Å²) < 4.78 is 4.63. The van der Waals surface area contributed by atoms with Crippen LogP contribution in [0.2, 0.25) is 0 Å². The van der Waals surface area contributed by atoms with Crippen LogP contribution in [-0.2, 0) is 22.5 Å². The van der Waals surface area contributed by atoms with Crippen molar-refractivity contribution < 1.29 is 9.53 Å². The quantitative estimate of drug-likeness (QED) is 0.655. The van der Waals surface area contributed by atoms with E-state index in [1.54, 1.807) is 11.3 Å². The molecule has 0 aliphatic heterocycles. The minimum absolute atomic E-state index is 0.246. The fourth-order valence-electron chi connectivity index (χ4n) is 1.70. The zero-order chi connectivity index (χ0) is 15.1. The van der Waals surface area contributed by atoms with Gasteiger partial charge in [-0.3, -0.25) is 4.79 Å². The van der Waals surface area contributed by atoms with Gasteiger partial charge < -0.3 is 15.4 Å². The summed E-state index contributed by atoms with van der Waals surface area (Å²) >= 11 is 6.93. The first-order valence-corrected chi connectivity index (χ1v) is 7.69. The molecule has 110 valence electrons. The molecule has 0 spiro atoms. The summed E-state index contributed by atoms with van der Waals surface area (Å²) in [6.07, 6.45) is 0.276. The average molecular weight is 320 g/mol. The first-order chi connectivity index (χ1) is 10.2. The van der Waals surface area contributed by atoms with Crippen LogP contribution in [0, 0.1) is 0 Å². The van der Waals surface area contributed by atoms with E-state index < -0.39 is 0 Å². The minimum atomic E-state index is -0.246. The Bertz CT molecular complexity index is 595. The van der Waals surface area contributed by atoms with E-state index >= 15 is 0 Å². The van der Waals surface area contributed by atoms with Gasteiger partial charge in [0.25, 0.3) is 0 Å². The van der Waals surface area contributed by atoms with Crippen molar-refractivity contribution in [2.75, 3.05) is 12.4 Å². The Morgan fingerprint density at radius 3 is 2.67 bits per heavy atom. The summed E-state index contributed by atoms with van der Waals surface area (Å²) in [6.45, 7) is 0.712. The number of carbonyl (C=O) groups is 1. The maximum Gasteiger partial charge on any atom is 0.309 e. The maximum absolute atomic E-state index is 11.2. The molecule has 0 saturated heterocycles. The monoisotopic (exact) mass is 320 g/mol. The van der Waals surface area contributed by atoms with Gasteiger partial charge in [0.1, 0.15) is 0 Å². The summed E-state index contributed by atoms with van der Waals surface area (Å²) in [7, 11) is 1.38. The largest absolute Gasteiger partial charge is 0.469 e. The Kier molecular flexibility index (Phi) is 5.71. The summed E-state index contributed by atoms with van der Waals surface area (Å²) in [4.78, 5) is 12.4. The van der Waals surface area contributed by atoms with Gasteiger partial charge in [0, 0.05) is 10.6 Å². The molecule has 2 aromatic rings. The molecule has 0 radical (unpaired) electrons. The molecule has 0 atom stereocenters. The van der Waals surface area contributed by atoms with Gasteiger partial charge in [-0.1, -0.05) is 18.2 Å². The molecule has 1 aromatic heterocycles. The maximum atomic E-state index is 11.2. The SMILES string of the molecule is COC(=O)Cc1ccc(NC(=S)NCc2cccs2)cc1. The van der Waals surface area contributed by atoms with Gasteiger partial charge in [-0.05, 0) is 41.4 Å². The number of hydrogen-bond acceptors (Lipinski definition) is 4. The number of esters is 1. The van der Waals surface area contributed by atoms with Crippen molar-refractivity contribution >= 4 is 40.3 Å². The van der Waals surface area contributed by atoms with E-state index in [2.05, 4.69) is 21.4 Å². The first kappa shape index (κ1) is 15.5. The van der Waals surface area contributed by atoms with Crippen LogP contribution in [-0.4, -0.2) is 18.2 Å². The van der Waals surface area contributed by atoms with Crippen LogP contribution < -0.4 is 10.6 Å². The molecule has 0 saturated carbocycles. The molecule has 0 aliphatic rings. The third-order valence-electron chi connectivity index (χ3n) is 2.79. The molecule has 0 amide bonds. The highest BCUT2D eigenvalue weighted by atomic mass is 32.1. The van der Waals surface area contributed by atoms with E-state index in [1.807, 2.05) is 35.7 Å². The number of ether oxygens (including phenoxy) is 1. The van der Waals surface area contributed by atoms with Gasteiger partial charge >= 0.3 is 5.97 Å². The van der Waals surface area contributed by atoms with Crippen molar-refractivity contribution in [2.24, 2.45) is 0 Å². The van der Waals surface area contributed by atoms with Gasteiger partial charge in [0.15, 0.2) is 5.11 Å². The zero-order valence-electron chi connectivity index (χ0n) is 11.6. The molecule has 0 unspecified atom stereocenters. The van der Waals surface area contributed by atoms with Crippen molar-refractivity contribution in [2.45, 2.75) is 13.0 Å². The molecule has 6 heteroatoms. The van der Waals surface area contributed by atoms with E-state index in [0.717, 1.165) is 11.3 Å². The summed E-state index contributed by atoms with van der Waals surface area (Å²) in [5, 5.41) is 8.86. The third-order valence-corrected chi connectivity index (χ3v) is 3.91. The number of carbonyl (C=O) groups excluding carboxylic acids is 1. The van der Waals surface area contributed by atoms with Crippen LogP contribution >= 0.6 is 23.6 Å². The highest BCUT2D eigenvalue weighted by Gasteiger charge is 2.03. The number of methoxy groups -OCH3 is 1. The predicted octanol–water partition coefficient (Wildman–Crippen LogP) is 2.95. The lowest BCUT2D eigenvalue weighted by atomic mass is 10.1. The van der Waals surface area contributed by atoms with Crippen LogP contribution in [0.15, 0.2) is 41.8 Å². The normalized spacial score (nSPS) is 9.95. The lowest BCUT2D eigenvalue weighted by molar-refractivity contribution is -0.139. The summed E-state index contributed by atoms with van der Waals surface area (Å²) in [5.41, 5.74) is 1.79. The van der Waals surface area contributed by atoms with Crippen molar-refractivity contribution in [3.05, 3.63) is 52.2 Å². The second-order valence-electron chi connectivity index (χ2n) is 4.34. The average Bonchev–Trinajstić information content (AvgIpc) is 3.00. The minimum Gasteiger partial charge on any atom is -0.469 e. The highest BCUT2D eigenvalue weighted by Crippen LogP contribution is 2.11. The number of nitrogens with one attached hydrogen (secondary N) is 2. The first-order valence-electron chi connectivity index (χ1n) is 6.40. The number of rotatable bonds is 5. The number of thiophene rings is 1. The van der Waals surface area contributed by atoms with E-state index in [9.17, 15) is 4.79 Å². The van der Waals surface area contributed by atoms with Gasteiger partial charge in [-0.15, -0.1) is 11.3 Å². The third kappa shape index (κ3) is 5.17. The van der Waals surface area contributed by atoms with Crippen LogP contribution in [0.4, 0.5) is 5.69 Å². The van der Waals surface area contributed by atoms with Crippen molar-refractivity contribution in [1.29, 1.82) is 0 Å². The molecule has 4 nitrogen and oxygen atoms in total. The Hall–Kier alpha value is -1.92. The van der Waals surface area contributed by atoms with Crippen molar-refractivity contribution in [1.82, 2.24) is 5.32 Å². The van der Waals surface area contributed by atoms with Crippen LogP contribution in [0.25, 0.3) is 0 Å². The Morgan fingerprint density at radius 1 is 1.29 bits per heavy atom. The lowest BCUT2D eigenvalue weighted by Gasteiger charge is -2.10. The molecule has 1 heterocycles. The van der Waals surface area contributed by atoms with E-state index in [0.29, 0.717) is 11.7 Å². The summed E-state index contributed by atoms with van der Waals surface area (Å²) in [6, 6.07) is 11.6. The number of hydrogen-bond donors (Lipinski definition) is 2. The lowest BCUT2D eigenvalue weighted by Crippen LogP contribution is -2.27. The van der Waals surface area contributed by atoms with Crippen LogP contribution in [0.3, 0.4) is 0 Å². The van der Waals surface area contributed by atoms with Crippen LogP contribution in [0.5, 0.6) is 0 Å². The van der Waals surface area contributed by atoms with Crippen molar-refractivity contribution in [3.63, 3.8) is 0 Å². The van der Waals surface area contributed by atoms with Gasteiger partial charge in [-0.25, -0.2) is 0 Å². The summed E-state index contributed by atoms with van der Waals surface area (Å²) in [5.74, 6) is -0.246. The molecule has 0 fully saturated rings. The second kappa shape index (κ2) is 7.75. The van der Waals surface area contributed by atoms with E-state index in [4.69, 9.17) is 12.2 Å². The van der Waals surface area contributed by atoms with E-state index in [-0.39, 0.29) is 12.4 Å². The Morgan fingerprint density at radius 2 is 2.05 bits per heavy atom. The standard InChI is InChI=1S/C15H16N2O2S2/c1-19-14(18)9-11-4-6-12(7-5-11)17-15(20)16-10-13-3-2-8-21-13/h2-8H,9-10H2,1H3,(H2,16,17,20). The molecule has 2 rings (SSSR count). The topological polar surface area (TPSA) is 50.4 Å². The second-order valence-corrected chi connectivity index (χ2v) is 5.78. The molecule has 2 N–H and O–H groups in total. The highest BCUT2D eigenvalue weighted by molar-refractivity contribution is 7.80. The van der Waals surface area contributed by atoms with Gasteiger partial charge in [0.2, 0.25) is 0 Å². The fourth-order valence-corrected chi connectivity index (χ4v) is 2.54. The smallest absolute Gasteiger partial charge is 0.309 e. The molecular formula is C15H16N2O2S2. The fraction of sp³-hybridized carbons (Fsp3) is 0.200. The molecule has 21 heavy (non-hydrogen) atoms. The molecule has 1 aromatic carbocycles.